The number of methoxy groups -OCH3 is 3. The zero-order chi connectivity index (χ0) is 17.9. The van der Waals surface area contributed by atoms with Crippen molar-refractivity contribution in [2.75, 3.05) is 27.9 Å². The predicted molar refractivity (Wildman–Crippen MR) is 91.2 cm³/mol. The first-order chi connectivity index (χ1) is 11.4. The van der Waals surface area contributed by atoms with Crippen LogP contribution in [0.3, 0.4) is 0 Å². The summed E-state index contributed by atoms with van der Waals surface area (Å²) in [6, 6.07) is 3.38. The Morgan fingerprint density at radius 3 is 2.17 bits per heavy atom. The maximum Gasteiger partial charge on any atom is 0.251 e. The van der Waals surface area contributed by atoms with Gasteiger partial charge in [-0.2, -0.15) is 0 Å². The summed E-state index contributed by atoms with van der Waals surface area (Å²) in [6.45, 7) is 6.88. The summed E-state index contributed by atoms with van der Waals surface area (Å²) in [4.78, 5) is 12.6. The van der Waals surface area contributed by atoms with Crippen LogP contribution >= 0.6 is 0 Å². The Morgan fingerprint density at radius 1 is 1.17 bits per heavy atom. The SMILES string of the molecule is CCO[C@H]1C[C@@H](NC(=O)c2cc(OC)c(OC)c(OC)c2)C1(C)C. The third-order valence-corrected chi connectivity index (χ3v) is 4.78. The van der Waals surface area contributed by atoms with E-state index in [4.69, 9.17) is 18.9 Å². The molecular formula is C18H27NO5. The Balaban J connectivity index is 2.16. The highest BCUT2D eigenvalue weighted by Crippen LogP contribution is 2.43. The lowest BCUT2D eigenvalue weighted by molar-refractivity contribution is -0.111. The van der Waals surface area contributed by atoms with Crippen molar-refractivity contribution in [1.82, 2.24) is 5.32 Å². The van der Waals surface area contributed by atoms with Gasteiger partial charge in [-0.15, -0.1) is 0 Å². The molecule has 0 radical (unpaired) electrons. The Hall–Kier alpha value is -1.95. The van der Waals surface area contributed by atoms with E-state index >= 15 is 0 Å². The van der Waals surface area contributed by atoms with Crippen LogP contribution in [-0.4, -0.2) is 46.0 Å². The predicted octanol–water partition coefficient (Wildman–Crippen LogP) is 2.65. The third-order valence-electron chi connectivity index (χ3n) is 4.78. The zero-order valence-corrected chi connectivity index (χ0v) is 15.3. The summed E-state index contributed by atoms with van der Waals surface area (Å²) in [6.07, 6.45) is 0.990. The summed E-state index contributed by atoms with van der Waals surface area (Å²) in [5, 5.41) is 3.08. The number of nitrogens with one attached hydrogen (secondary N) is 1. The number of carbonyl (C=O) groups excluding carboxylic acids is 1. The number of amides is 1. The van der Waals surface area contributed by atoms with Gasteiger partial charge in [0.15, 0.2) is 11.5 Å². The van der Waals surface area contributed by atoms with E-state index < -0.39 is 0 Å². The van der Waals surface area contributed by atoms with E-state index in [1.807, 2.05) is 6.92 Å². The van der Waals surface area contributed by atoms with E-state index in [0.717, 1.165) is 6.42 Å². The highest BCUT2D eigenvalue weighted by atomic mass is 16.5. The first-order valence-electron chi connectivity index (χ1n) is 8.11. The van der Waals surface area contributed by atoms with Gasteiger partial charge in [0.2, 0.25) is 5.75 Å². The molecule has 6 nitrogen and oxygen atoms in total. The molecule has 1 N–H and O–H groups in total. The summed E-state index contributed by atoms with van der Waals surface area (Å²) in [5.74, 6) is 1.23. The van der Waals surface area contributed by atoms with Gasteiger partial charge < -0.3 is 24.3 Å². The monoisotopic (exact) mass is 337 g/mol. The van der Waals surface area contributed by atoms with Crippen molar-refractivity contribution >= 4 is 5.91 Å². The van der Waals surface area contributed by atoms with Gasteiger partial charge in [0.1, 0.15) is 0 Å². The lowest BCUT2D eigenvalue weighted by Crippen LogP contribution is -2.62. The topological polar surface area (TPSA) is 66.0 Å². The molecule has 1 aliphatic carbocycles. The van der Waals surface area contributed by atoms with E-state index in [0.29, 0.717) is 29.4 Å². The van der Waals surface area contributed by atoms with Crippen LogP contribution in [0.25, 0.3) is 0 Å². The Morgan fingerprint density at radius 2 is 1.75 bits per heavy atom. The normalized spacial score (nSPS) is 21.6. The average Bonchev–Trinajstić information content (AvgIpc) is 2.59. The van der Waals surface area contributed by atoms with E-state index in [1.165, 1.54) is 21.3 Å². The fourth-order valence-electron chi connectivity index (χ4n) is 3.07. The number of ether oxygens (including phenoxy) is 4. The fourth-order valence-corrected chi connectivity index (χ4v) is 3.07. The number of hydrogen-bond donors (Lipinski definition) is 1. The van der Waals surface area contributed by atoms with Crippen LogP contribution in [0.15, 0.2) is 12.1 Å². The molecule has 0 heterocycles. The van der Waals surface area contributed by atoms with E-state index in [1.54, 1.807) is 12.1 Å². The van der Waals surface area contributed by atoms with E-state index in [9.17, 15) is 4.79 Å². The number of benzene rings is 1. The van der Waals surface area contributed by atoms with Crippen LogP contribution in [-0.2, 0) is 4.74 Å². The molecule has 134 valence electrons. The molecule has 0 saturated heterocycles. The average molecular weight is 337 g/mol. The van der Waals surface area contributed by atoms with Crippen molar-refractivity contribution in [3.63, 3.8) is 0 Å². The molecule has 0 spiro atoms. The fraction of sp³-hybridized carbons (Fsp3) is 0.611. The van der Waals surface area contributed by atoms with Crippen LogP contribution in [0.4, 0.5) is 0 Å². The van der Waals surface area contributed by atoms with Crippen LogP contribution < -0.4 is 19.5 Å². The first kappa shape index (κ1) is 18.4. The van der Waals surface area contributed by atoms with E-state index in [-0.39, 0.29) is 23.5 Å². The maximum absolute atomic E-state index is 12.6. The third kappa shape index (κ3) is 3.29. The molecule has 1 aromatic rings. The molecule has 0 aromatic heterocycles. The quantitative estimate of drug-likeness (QED) is 0.828. The summed E-state index contributed by atoms with van der Waals surface area (Å²) in [5.41, 5.74) is 0.381. The second-order valence-electron chi connectivity index (χ2n) is 6.44. The number of hydrogen-bond acceptors (Lipinski definition) is 5. The minimum absolute atomic E-state index is 0.0700. The lowest BCUT2D eigenvalue weighted by Gasteiger charge is -2.51. The molecule has 0 aliphatic heterocycles. The highest BCUT2D eigenvalue weighted by molar-refractivity contribution is 5.96. The Labute approximate surface area is 143 Å². The molecule has 2 atom stereocenters. The number of rotatable bonds is 7. The zero-order valence-electron chi connectivity index (χ0n) is 15.3. The van der Waals surface area contributed by atoms with Crippen LogP contribution in [0.1, 0.15) is 37.6 Å². The molecule has 1 fully saturated rings. The lowest BCUT2D eigenvalue weighted by atomic mass is 9.64. The van der Waals surface area contributed by atoms with Gasteiger partial charge in [-0.1, -0.05) is 13.8 Å². The van der Waals surface area contributed by atoms with Crippen LogP contribution in [0.5, 0.6) is 17.2 Å². The standard InChI is InChI=1S/C18H27NO5/c1-7-24-15-10-14(18(15,2)3)19-17(20)11-8-12(21-4)16(23-6)13(9-11)22-5/h8-9,14-15H,7,10H2,1-6H3,(H,19,20)/t14-,15+/m1/s1. The molecule has 1 amide bonds. The first-order valence-corrected chi connectivity index (χ1v) is 8.11. The van der Waals surface area contributed by atoms with Crippen LogP contribution in [0, 0.1) is 5.41 Å². The van der Waals surface area contributed by atoms with Gasteiger partial charge in [0, 0.05) is 23.6 Å². The molecule has 0 unspecified atom stereocenters. The minimum Gasteiger partial charge on any atom is -0.493 e. The molecular weight excluding hydrogens is 310 g/mol. The molecule has 0 bridgehead atoms. The Kier molecular flexibility index (Phi) is 5.59. The van der Waals surface area contributed by atoms with Crippen molar-refractivity contribution in [2.45, 2.75) is 39.3 Å². The van der Waals surface area contributed by atoms with Crippen molar-refractivity contribution in [1.29, 1.82) is 0 Å². The summed E-state index contributed by atoms with van der Waals surface area (Å²) in [7, 11) is 4.59. The van der Waals surface area contributed by atoms with Gasteiger partial charge in [-0.25, -0.2) is 0 Å². The summed E-state index contributed by atoms with van der Waals surface area (Å²) >= 11 is 0. The van der Waals surface area contributed by atoms with Gasteiger partial charge in [-0.05, 0) is 25.5 Å². The smallest absolute Gasteiger partial charge is 0.251 e. The highest BCUT2D eigenvalue weighted by Gasteiger charge is 2.49. The van der Waals surface area contributed by atoms with Gasteiger partial charge in [-0.3, -0.25) is 4.79 Å². The van der Waals surface area contributed by atoms with Crippen molar-refractivity contribution in [2.24, 2.45) is 5.41 Å². The largest absolute Gasteiger partial charge is 0.493 e. The van der Waals surface area contributed by atoms with E-state index in [2.05, 4.69) is 19.2 Å². The Bertz CT molecular complexity index is 574. The van der Waals surface area contributed by atoms with Gasteiger partial charge in [0.25, 0.3) is 5.91 Å². The molecule has 2 rings (SSSR count). The number of carbonyl (C=O) groups is 1. The van der Waals surface area contributed by atoms with Crippen LogP contribution in [0.2, 0.25) is 0 Å². The minimum atomic E-state index is -0.165. The molecule has 1 aromatic carbocycles. The molecule has 6 heteroatoms. The van der Waals surface area contributed by atoms with Crippen molar-refractivity contribution < 1.29 is 23.7 Å². The van der Waals surface area contributed by atoms with Crippen molar-refractivity contribution in [3.05, 3.63) is 17.7 Å². The molecule has 1 aliphatic rings. The van der Waals surface area contributed by atoms with Crippen molar-refractivity contribution in [3.8, 4) is 17.2 Å². The second kappa shape index (κ2) is 7.30. The second-order valence-corrected chi connectivity index (χ2v) is 6.44. The molecule has 24 heavy (non-hydrogen) atoms. The summed E-state index contributed by atoms with van der Waals surface area (Å²) < 4.78 is 21.6. The van der Waals surface area contributed by atoms with Gasteiger partial charge in [0.05, 0.1) is 27.4 Å². The van der Waals surface area contributed by atoms with Gasteiger partial charge >= 0.3 is 0 Å². The maximum atomic E-state index is 12.6. The molecule has 1 saturated carbocycles.